The van der Waals surface area contributed by atoms with Crippen LogP contribution in [0.2, 0.25) is 0 Å². The molecule has 82 valence electrons. The average Bonchev–Trinajstić information content (AvgIpc) is 2.75. The van der Waals surface area contributed by atoms with Gasteiger partial charge in [-0.25, -0.2) is 0 Å². The van der Waals surface area contributed by atoms with Crippen molar-refractivity contribution in [1.29, 1.82) is 0 Å². The van der Waals surface area contributed by atoms with E-state index in [1.807, 2.05) is 0 Å². The molecule has 5 nitrogen and oxygen atoms in total. The van der Waals surface area contributed by atoms with Gasteiger partial charge in [-0.15, -0.1) is 0 Å². The van der Waals surface area contributed by atoms with E-state index in [9.17, 15) is 0 Å². The fraction of sp³-hybridized carbons (Fsp3) is 0.400. The highest BCUT2D eigenvalue weighted by atomic mass is 16.7. The molecule has 0 fully saturated rings. The molecule has 1 aromatic rings. The van der Waals surface area contributed by atoms with Crippen molar-refractivity contribution < 1.29 is 18.9 Å². The molecule has 1 aliphatic rings. The highest BCUT2D eigenvalue weighted by molar-refractivity contribution is 5.63. The Balaban J connectivity index is 2.60. The molecule has 0 atom stereocenters. The highest BCUT2D eigenvalue weighted by Crippen LogP contribution is 2.49. The maximum atomic E-state index is 5.61. The number of methoxy groups -OCH3 is 2. The van der Waals surface area contributed by atoms with Gasteiger partial charge in [0.15, 0.2) is 11.5 Å². The van der Waals surface area contributed by atoms with Crippen LogP contribution in [0.5, 0.6) is 23.0 Å². The minimum Gasteiger partial charge on any atom is -0.493 e. The number of hydrogen-bond donors (Lipinski definition) is 1. The van der Waals surface area contributed by atoms with Crippen molar-refractivity contribution in [3.05, 3.63) is 11.6 Å². The predicted molar refractivity (Wildman–Crippen MR) is 53.6 cm³/mol. The lowest BCUT2D eigenvalue weighted by molar-refractivity contribution is 0.168. The normalized spacial score (nSPS) is 12.7. The second-order valence-electron chi connectivity index (χ2n) is 3.04. The highest BCUT2D eigenvalue weighted by Gasteiger charge is 2.26. The van der Waals surface area contributed by atoms with E-state index in [0.717, 1.165) is 5.56 Å². The summed E-state index contributed by atoms with van der Waals surface area (Å²) in [6.45, 7) is 0.534. The van der Waals surface area contributed by atoms with E-state index < -0.39 is 0 Å². The van der Waals surface area contributed by atoms with Gasteiger partial charge >= 0.3 is 0 Å². The van der Waals surface area contributed by atoms with Gasteiger partial charge < -0.3 is 24.7 Å². The SMILES string of the molecule is COc1cc(CN)c(OC)c2c1OCO2. The first-order valence-electron chi connectivity index (χ1n) is 4.55. The Morgan fingerprint density at radius 2 is 2.00 bits per heavy atom. The van der Waals surface area contributed by atoms with Gasteiger partial charge in [-0.3, -0.25) is 0 Å². The lowest BCUT2D eigenvalue weighted by atomic mass is 10.1. The van der Waals surface area contributed by atoms with Crippen molar-refractivity contribution in [3.63, 3.8) is 0 Å². The molecule has 0 aliphatic carbocycles. The lowest BCUT2D eigenvalue weighted by Crippen LogP contribution is -2.01. The molecule has 0 saturated carbocycles. The third kappa shape index (κ3) is 1.45. The minimum absolute atomic E-state index is 0.177. The van der Waals surface area contributed by atoms with Gasteiger partial charge in [0.05, 0.1) is 14.2 Å². The molecular formula is C10H13NO4. The first-order valence-corrected chi connectivity index (χ1v) is 4.55. The predicted octanol–water partition coefficient (Wildman–Crippen LogP) is 0.891. The lowest BCUT2D eigenvalue weighted by Gasteiger charge is -2.12. The maximum Gasteiger partial charge on any atom is 0.231 e. The summed E-state index contributed by atoms with van der Waals surface area (Å²) in [6.07, 6.45) is 0. The zero-order chi connectivity index (χ0) is 10.8. The van der Waals surface area contributed by atoms with Crippen LogP contribution in [0.4, 0.5) is 0 Å². The molecular weight excluding hydrogens is 198 g/mol. The topological polar surface area (TPSA) is 62.9 Å². The van der Waals surface area contributed by atoms with E-state index >= 15 is 0 Å². The van der Waals surface area contributed by atoms with Crippen LogP contribution in [-0.2, 0) is 6.54 Å². The van der Waals surface area contributed by atoms with Crippen LogP contribution in [0, 0.1) is 0 Å². The van der Waals surface area contributed by atoms with Crippen LogP contribution >= 0.6 is 0 Å². The monoisotopic (exact) mass is 211 g/mol. The molecule has 0 radical (unpaired) electrons. The second kappa shape index (κ2) is 3.86. The Hall–Kier alpha value is -1.62. The van der Waals surface area contributed by atoms with Crippen molar-refractivity contribution in [2.45, 2.75) is 6.54 Å². The van der Waals surface area contributed by atoms with Crippen molar-refractivity contribution in [1.82, 2.24) is 0 Å². The summed E-state index contributed by atoms with van der Waals surface area (Å²) in [5.74, 6) is 2.37. The van der Waals surface area contributed by atoms with Gasteiger partial charge in [0.2, 0.25) is 18.3 Å². The number of nitrogens with two attached hydrogens (primary N) is 1. The summed E-state index contributed by atoms with van der Waals surface area (Å²) in [4.78, 5) is 0. The van der Waals surface area contributed by atoms with E-state index in [0.29, 0.717) is 29.5 Å². The Bertz CT molecular complexity index is 378. The summed E-state index contributed by atoms with van der Waals surface area (Å²) in [5.41, 5.74) is 6.44. The van der Waals surface area contributed by atoms with Crippen LogP contribution in [0.1, 0.15) is 5.56 Å². The average molecular weight is 211 g/mol. The molecule has 5 heteroatoms. The number of hydrogen-bond acceptors (Lipinski definition) is 5. The van der Waals surface area contributed by atoms with Crippen molar-refractivity contribution in [2.24, 2.45) is 5.73 Å². The van der Waals surface area contributed by atoms with Gasteiger partial charge in [-0.05, 0) is 6.07 Å². The Morgan fingerprint density at radius 1 is 1.27 bits per heavy atom. The molecule has 1 aromatic carbocycles. The van der Waals surface area contributed by atoms with Crippen molar-refractivity contribution >= 4 is 0 Å². The van der Waals surface area contributed by atoms with E-state index in [1.54, 1.807) is 20.3 Å². The molecule has 0 amide bonds. The Labute approximate surface area is 87.7 Å². The fourth-order valence-corrected chi connectivity index (χ4v) is 1.59. The van der Waals surface area contributed by atoms with Gasteiger partial charge in [0.1, 0.15) is 0 Å². The first kappa shape index (κ1) is 9.92. The quantitative estimate of drug-likeness (QED) is 0.804. The second-order valence-corrected chi connectivity index (χ2v) is 3.04. The molecule has 0 spiro atoms. The van der Waals surface area contributed by atoms with Crippen LogP contribution in [0.15, 0.2) is 6.07 Å². The van der Waals surface area contributed by atoms with Gasteiger partial charge in [0.25, 0.3) is 0 Å². The van der Waals surface area contributed by atoms with E-state index in [2.05, 4.69) is 0 Å². The number of rotatable bonds is 3. The molecule has 1 aliphatic heterocycles. The number of fused-ring (bicyclic) bond motifs is 1. The fourth-order valence-electron chi connectivity index (χ4n) is 1.59. The molecule has 0 bridgehead atoms. The van der Waals surface area contributed by atoms with E-state index in [4.69, 9.17) is 24.7 Å². The molecule has 0 aromatic heterocycles. The molecule has 1 heterocycles. The zero-order valence-electron chi connectivity index (χ0n) is 8.70. The maximum absolute atomic E-state index is 5.61. The Morgan fingerprint density at radius 3 is 2.60 bits per heavy atom. The van der Waals surface area contributed by atoms with Gasteiger partial charge in [-0.1, -0.05) is 0 Å². The summed E-state index contributed by atoms with van der Waals surface area (Å²) < 4.78 is 21.0. The third-order valence-electron chi connectivity index (χ3n) is 2.28. The number of benzene rings is 1. The van der Waals surface area contributed by atoms with Crippen molar-refractivity contribution in [3.8, 4) is 23.0 Å². The third-order valence-corrected chi connectivity index (χ3v) is 2.28. The molecule has 0 saturated heterocycles. The zero-order valence-corrected chi connectivity index (χ0v) is 8.70. The smallest absolute Gasteiger partial charge is 0.231 e. The summed E-state index contributed by atoms with van der Waals surface area (Å²) >= 11 is 0. The van der Waals surface area contributed by atoms with Crippen LogP contribution in [0.25, 0.3) is 0 Å². The van der Waals surface area contributed by atoms with Crippen molar-refractivity contribution in [2.75, 3.05) is 21.0 Å². The molecule has 0 unspecified atom stereocenters. The van der Waals surface area contributed by atoms with Gasteiger partial charge in [-0.2, -0.15) is 0 Å². The summed E-state index contributed by atoms with van der Waals surface area (Å²) in [6, 6.07) is 1.80. The standard InChI is InChI=1S/C10H13NO4/c1-12-7-3-6(4-11)8(13-2)10-9(7)14-5-15-10/h3H,4-5,11H2,1-2H3. The van der Waals surface area contributed by atoms with Crippen LogP contribution in [0.3, 0.4) is 0 Å². The molecule has 2 N–H and O–H groups in total. The van der Waals surface area contributed by atoms with Gasteiger partial charge in [0, 0.05) is 12.1 Å². The first-order chi connectivity index (χ1) is 7.31. The van der Waals surface area contributed by atoms with E-state index in [-0.39, 0.29) is 6.79 Å². The molecule has 15 heavy (non-hydrogen) atoms. The summed E-state index contributed by atoms with van der Waals surface area (Å²) in [7, 11) is 3.15. The molecule has 2 rings (SSSR count). The number of ether oxygens (including phenoxy) is 4. The van der Waals surface area contributed by atoms with Crippen LogP contribution in [-0.4, -0.2) is 21.0 Å². The largest absolute Gasteiger partial charge is 0.493 e. The van der Waals surface area contributed by atoms with E-state index in [1.165, 1.54) is 0 Å². The van der Waals surface area contributed by atoms with Crippen LogP contribution < -0.4 is 24.7 Å². The minimum atomic E-state index is 0.177. The Kier molecular flexibility index (Phi) is 2.55. The summed E-state index contributed by atoms with van der Waals surface area (Å²) in [5, 5.41) is 0.